The topological polar surface area (TPSA) is 49.3 Å². The van der Waals surface area contributed by atoms with Gasteiger partial charge in [0.25, 0.3) is 5.91 Å². The minimum Gasteiger partial charge on any atom is -0.288 e. The van der Waals surface area contributed by atoms with E-state index in [-0.39, 0.29) is 0 Å². The maximum absolute atomic E-state index is 10.6. The Bertz CT molecular complexity index is 336. The summed E-state index contributed by atoms with van der Waals surface area (Å²) in [5, 5.41) is 8.79. The summed E-state index contributed by atoms with van der Waals surface area (Å²) in [6.45, 7) is 0. The zero-order valence-corrected chi connectivity index (χ0v) is 7.45. The van der Waals surface area contributed by atoms with Crippen LogP contribution in [0.4, 0.5) is 0 Å². The van der Waals surface area contributed by atoms with Gasteiger partial charge in [-0.3, -0.25) is 10.0 Å². The average Bonchev–Trinajstić information content (AvgIpc) is 2.14. The Morgan fingerprint density at radius 2 is 2.31 bits per heavy atom. The normalized spacial score (nSPS) is 10.3. The molecule has 0 atom stereocenters. The van der Waals surface area contributed by atoms with E-state index in [4.69, 9.17) is 16.8 Å². The van der Waals surface area contributed by atoms with Crippen molar-refractivity contribution in [1.82, 2.24) is 5.48 Å². The summed E-state index contributed by atoms with van der Waals surface area (Å²) < 4.78 is 0. The summed E-state index contributed by atoms with van der Waals surface area (Å²) in [7, 11) is 0. The fourth-order valence-corrected chi connectivity index (χ4v) is 1.02. The van der Waals surface area contributed by atoms with Crippen molar-refractivity contribution in [2.75, 3.05) is 0 Å². The lowest BCUT2D eigenvalue weighted by Gasteiger charge is -1.93. The minimum absolute atomic E-state index is 0.569. The highest BCUT2D eigenvalue weighted by Crippen LogP contribution is 2.11. The summed E-state index contributed by atoms with van der Waals surface area (Å²) in [6, 6.07) is 7.03. The third-order valence-electron chi connectivity index (χ3n) is 1.39. The first kappa shape index (κ1) is 9.77. The minimum atomic E-state index is -0.569. The number of benzene rings is 1. The van der Waals surface area contributed by atoms with Gasteiger partial charge in [-0.2, -0.15) is 0 Å². The molecule has 0 bridgehead atoms. The molecule has 1 amide bonds. The van der Waals surface area contributed by atoms with Crippen LogP contribution in [0.5, 0.6) is 0 Å². The Balaban J connectivity index is 2.74. The van der Waals surface area contributed by atoms with Gasteiger partial charge in [-0.05, 0) is 23.8 Å². The Morgan fingerprint density at radius 3 is 2.92 bits per heavy atom. The van der Waals surface area contributed by atoms with Crippen molar-refractivity contribution in [2.45, 2.75) is 0 Å². The molecule has 0 fully saturated rings. The molecule has 0 aromatic heterocycles. The molecule has 3 nitrogen and oxygen atoms in total. The molecule has 0 aliphatic carbocycles. The molecule has 0 aliphatic rings. The van der Waals surface area contributed by atoms with Crippen LogP contribution in [0.3, 0.4) is 0 Å². The van der Waals surface area contributed by atoms with E-state index in [0.29, 0.717) is 5.02 Å². The lowest BCUT2D eigenvalue weighted by Crippen LogP contribution is -2.14. The third kappa shape index (κ3) is 3.27. The Morgan fingerprint density at radius 1 is 1.54 bits per heavy atom. The molecule has 1 aromatic rings. The highest BCUT2D eigenvalue weighted by molar-refractivity contribution is 6.30. The van der Waals surface area contributed by atoms with E-state index in [1.165, 1.54) is 11.6 Å². The van der Waals surface area contributed by atoms with Crippen LogP contribution in [0.25, 0.3) is 6.08 Å². The second kappa shape index (κ2) is 4.64. The largest absolute Gasteiger partial charge is 0.288 e. The van der Waals surface area contributed by atoms with E-state index in [0.717, 1.165) is 5.56 Å². The van der Waals surface area contributed by atoms with Crippen LogP contribution in [-0.4, -0.2) is 11.1 Å². The number of nitrogens with one attached hydrogen (secondary N) is 1. The third-order valence-corrected chi connectivity index (χ3v) is 1.62. The number of carbonyl (C=O) groups excluding carboxylic acids is 1. The summed E-state index contributed by atoms with van der Waals surface area (Å²) in [5.74, 6) is -0.569. The first-order chi connectivity index (χ1) is 6.22. The van der Waals surface area contributed by atoms with Crippen LogP contribution < -0.4 is 5.48 Å². The monoisotopic (exact) mass is 197 g/mol. The molecule has 0 saturated heterocycles. The molecule has 0 unspecified atom stereocenters. The van der Waals surface area contributed by atoms with Gasteiger partial charge < -0.3 is 0 Å². The number of hydrogen-bond acceptors (Lipinski definition) is 2. The maximum Gasteiger partial charge on any atom is 0.267 e. The van der Waals surface area contributed by atoms with Gasteiger partial charge in [-0.15, -0.1) is 0 Å². The number of hydroxylamine groups is 1. The Labute approximate surface area is 80.6 Å². The second-order valence-corrected chi connectivity index (χ2v) is 2.80. The fraction of sp³-hybridized carbons (Fsp3) is 0. The van der Waals surface area contributed by atoms with Crippen LogP contribution in [0, 0.1) is 0 Å². The molecule has 4 heteroatoms. The molecule has 0 heterocycles. The molecule has 0 radical (unpaired) electrons. The van der Waals surface area contributed by atoms with Crippen molar-refractivity contribution in [3.63, 3.8) is 0 Å². The predicted molar refractivity (Wildman–Crippen MR) is 50.4 cm³/mol. The molecule has 0 aliphatic heterocycles. The first-order valence-electron chi connectivity index (χ1n) is 3.60. The van der Waals surface area contributed by atoms with Gasteiger partial charge in [0, 0.05) is 11.1 Å². The quantitative estimate of drug-likeness (QED) is 0.432. The highest BCUT2D eigenvalue weighted by Gasteiger charge is 1.91. The first-order valence-corrected chi connectivity index (χ1v) is 3.98. The Kier molecular flexibility index (Phi) is 3.49. The number of hydrogen-bond donors (Lipinski definition) is 2. The summed E-state index contributed by atoms with van der Waals surface area (Å²) in [4.78, 5) is 10.6. The lowest BCUT2D eigenvalue weighted by atomic mass is 10.2. The van der Waals surface area contributed by atoms with Crippen molar-refractivity contribution in [3.8, 4) is 0 Å². The van der Waals surface area contributed by atoms with Gasteiger partial charge in [0.15, 0.2) is 0 Å². The molecule has 0 spiro atoms. The molecule has 1 aromatic carbocycles. The van der Waals surface area contributed by atoms with E-state index < -0.39 is 5.91 Å². The average molecular weight is 198 g/mol. The number of amides is 1. The smallest absolute Gasteiger partial charge is 0.267 e. The SMILES string of the molecule is O=C(C=Cc1cccc(Cl)c1)NO. The van der Waals surface area contributed by atoms with Crippen molar-refractivity contribution in [3.05, 3.63) is 40.9 Å². The molecular formula is C9H8ClNO2. The van der Waals surface area contributed by atoms with Crippen LogP contribution in [0.1, 0.15) is 5.56 Å². The van der Waals surface area contributed by atoms with Crippen LogP contribution in [0.2, 0.25) is 5.02 Å². The van der Waals surface area contributed by atoms with Gasteiger partial charge >= 0.3 is 0 Å². The molecular weight excluding hydrogens is 190 g/mol. The van der Waals surface area contributed by atoms with E-state index in [9.17, 15) is 4.79 Å². The molecule has 13 heavy (non-hydrogen) atoms. The van der Waals surface area contributed by atoms with Gasteiger partial charge in [-0.25, -0.2) is 5.48 Å². The van der Waals surface area contributed by atoms with Gasteiger partial charge in [0.05, 0.1) is 0 Å². The molecule has 2 N–H and O–H groups in total. The van der Waals surface area contributed by atoms with E-state index >= 15 is 0 Å². The van der Waals surface area contributed by atoms with Crippen molar-refractivity contribution in [1.29, 1.82) is 0 Å². The van der Waals surface area contributed by atoms with E-state index in [1.54, 1.807) is 30.3 Å². The predicted octanol–water partition coefficient (Wildman–Crippen LogP) is 1.86. The zero-order valence-electron chi connectivity index (χ0n) is 6.70. The molecule has 1 rings (SSSR count). The standard InChI is InChI=1S/C9H8ClNO2/c10-8-3-1-2-7(6-8)4-5-9(12)11-13/h1-6,13H,(H,11,12). The van der Waals surface area contributed by atoms with Crippen molar-refractivity contribution < 1.29 is 10.0 Å². The molecule has 0 saturated carbocycles. The lowest BCUT2D eigenvalue weighted by molar-refractivity contribution is -0.124. The summed E-state index contributed by atoms with van der Waals surface area (Å²) >= 11 is 5.71. The molecule has 68 valence electrons. The van der Waals surface area contributed by atoms with Gasteiger partial charge in [0.2, 0.25) is 0 Å². The number of rotatable bonds is 2. The second-order valence-electron chi connectivity index (χ2n) is 2.36. The van der Waals surface area contributed by atoms with Crippen LogP contribution in [0.15, 0.2) is 30.3 Å². The van der Waals surface area contributed by atoms with E-state index in [2.05, 4.69) is 0 Å². The highest BCUT2D eigenvalue weighted by atomic mass is 35.5. The number of halogens is 1. The Hall–Kier alpha value is -1.32. The van der Waals surface area contributed by atoms with Crippen LogP contribution in [-0.2, 0) is 4.79 Å². The van der Waals surface area contributed by atoms with Gasteiger partial charge in [0.1, 0.15) is 0 Å². The summed E-state index contributed by atoms with van der Waals surface area (Å²) in [5.41, 5.74) is 2.29. The van der Waals surface area contributed by atoms with Crippen LogP contribution >= 0.6 is 11.6 Å². The number of carbonyl (C=O) groups is 1. The summed E-state index contributed by atoms with van der Waals surface area (Å²) in [6.07, 6.45) is 2.77. The van der Waals surface area contributed by atoms with E-state index in [1.807, 2.05) is 0 Å². The zero-order chi connectivity index (χ0) is 9.68. The van der Waals surface area contributed by atoms with Crippen molar-refractivity contribution in [2.24, 2.45) is 0 Å². The van der Waals surface area contributed by atoms with Gasteiger partial charge in [-0.1, -0.05) is 23.7 Å². The van der Waals surface area contributed by atoms with Crippen molar-refractivity contribution >= 4 is 23.6 Å². The maximum atomic E-state index is 10.6. The fourth-order valence-electron chi connectivity index (χ4n) is 0.819.